The minimum atomic E-state index is -0.513. The summed E-state index contributed by atoms with van der Waals surface area (Å²) in [4.78, 5) is 41.6. The summed E-state index contributed by atoms with van der Waals surface area (Å²) in [5.74, 6) is 0.405. The summed E-state index contributed by atoms with van der Waals surface area (Å²) in [5, 5.41) is 5.94. The van der Waals surface area contributed by atoms with Gasteiger partial charge in [0.1, 0.15) is 6.54 Å². The lowest BCUT2D eigenvalue weighted by Crippen LogP contribution is -2.39. The summed E-state index contributed by atoms with van der Waals surface area (Å²) < 4.78 is 4.11. The molecule has 2 aromatic rings. The molecule has 0 saturated heterocycles. The van der Waals surface area contributed by atoms with Crippen molar-refractivity contribution in [2.24, 2.45) is 24.6 Å². The minimum Gasteiger partial charge on any atom is -0.297 e. The van der Waals surface area contributed by atoms with Crippen molar-refractivity contribution in [3.05, 3.63) is 20.8 Å². The largest absolute Gasteiger partial charge is 0.332 e. The fourth-order valence-corrected chi connectivity index (χ4v) is 2.77. The minimum absolute atomic E-state index is 0.00588. The van der Waals surface area contributed by atoms with Gasteiger partial charge in [-0.1, -0.05) is 20.8 Å². The van der Waals surface area contributed by atoms with Gasteiger partial charge >= 0.3 is 5.69 Å². The van der Waals surface area contributed by atoms with E-state index < -0.39 is 16.7 Å². The van der Waals surface area contributed by atoms with Gasteiger partial charge in [-0.2, -0.15) is 10.1 Å². The van der Waals surface area contributed by atoms with Gasteiger partial charge in [-0.15, -0.1) is 0 Å². The van der Waals surface area contributed by atoms with Crippen molar-refractivity contribution in [2.45, 2.75) is 34.2 Å². The lowest BCUT2D eigenvalue weighted by Gasteiger charge is -2.27. The Morgan fingerprint density at radius 1 is 1.16 bits per heavy atom. The van der Waals surface area contributed by atoms with Crippen LogP contribution in [0.3, 0.4) is 0 Å². The fraction of sp³-hybridized carbons (Fsp3) is 0.562. The maximum Gasteiger partial charge on any atom is 0.332 e. The van der Waals surface area contributed by atoms with E-state index >= 15 is 0 Å². The molecule has 9 heteroatoms. The summed E-state index contributed by atoms with van der Waals surface area (Å²) in [6, 6.07) is 0. The van der Waals surface area contributed by atoms with E-state index in [0.29, 0.717) is 23.7 Å². The SMILES string of the molecule is CC1=NN(CC(=O)C(C)(C)C)c2nc3c(c(=O)n(C)c(=O)n3C)n2C1. The predicted molar refractivity (Wildman–Crippen MR) is 95.1 cm³/mol. The zero-order valence-corrected chi connectivity index (χ0v) is 15.3. The first-order valence-corrected chi connectivity index (χ1v) is 8.03. The van der Waals surface area contributed by atoms with Crippen LogP contribution in [0.2, 0.25) is 0 Å². The molecule has 134 valence electrons. The Labute approximate surface area is 144 Å². The standard InChI is InChI=1S/C16H22N6O3/c1-9-7-21-11-12(19(5)15(25)20(6)13(11)24)17-14(21)22(18-9)8-10(23)16(2,3)4/h7-8H2,1-6H3. The molecule has 0 amide bonds. The molecule has 0 N–H and O–H groups in total. The van der Waals surface area contributed by atoms with E-state index in [0.717, 1.165) is 10.3 Å². The maximum absolute atomic E-state index is 12.6. The van der Waals surface area contributed by atoms with E-state index in [1.165, 1.54) is 16.6 Å². The Morgan fingerprint density at radius 2 is 1.80 bits per heavy atom. The third-order valence-electron chi connectivity index (χ3n) is 4.37. The number of hydrogen-bond acceptors (Lipinski definition) is 6. The average Bonchev–Trinajstić information content (AvgIpc) is 2.89. The van der Waals surface area contributed by atoms with Crippen LogP contribution >= 0.6 is 0 Å². The number of fused-ring (bicyclic) bond motifs is 3. The molecule has 1 aliphatic rings. The zero-order chi connectivity index (χ0) is 18.7. The molecule has 1 aliphatic heterocycles. The predicted octanol–water partition coefficient (Wildman–Crippen LogP) is 0.245. The number of aryl methyl sites for hydroxylation is 1. The van der Waals surface area contributed by atoms with Crippen molar-refractivity contribution >= 4 is 28.6 Å². The molecule has 3 rings (SSSR count). The number of carbonyl (C=O) groups excluding carboxylic acids is 1. The van der Waals surface area contributed by atoms with E-state index in [1.54, 1.807) is 11.6 Å². The second-order valence-corrected chi connectivity index (χ2v) is 7.44. The molecule has 3 heterocycles. The van der Waals surface area contributed by atoms with Gasteiger partial charge in [0.15, 0.2) is 16.9 Å². The number of hydrogen-bond donors (Lipinski definition) is 0. The van der Waals surface area contributed by atoms with Crippen molar-refractivity contribution in [3.63, 3.8) is 0 Å². The Bertz CT molecular complexity index is 1030. The fourth-order valence-electron chi connectivity index (χ4n) is 2.77. The lowest BCUT2D eigenvalue weighted by molar-refractivity contribution is -0.124. The summed E-state index contributed by atoms with van der Waals surface area (Å²) in [6.07, 6.45) is 0. The van der Waals surface area contributed by atoms with Gasteiger partial charge in [0.25, 0.3) is 5.56 Å². The van der Waals surface area contributed by atoms with E-state index in [2.05, 4.69) is 10.1 Å². The van der Waals surface area contributed by atoms with Gasteiger partial charge in [-0.25, -0.2) is 9.80 Å². The number of ketones is 1. The first kappa shape index (κ1) is 17.1. The second kappa shape index (κ2) is 5.40. The van der Waals surface area contributed by atoms with Gasteiger partial charge in [0.2, 0.25) is 5.95 Å². The summed E-state index contributed by atoms with van der Waals surface area (Å²) in [6.45, 7) is 7.81. The number of nitrogens with zero attached hydrogens (tertiary/aromatic N) is 6. The normalized spacial score (nSPS) is 14.6. The smallest absolute Gasteiger partial charge is 0.297 e. The number of Topliss-reactive ketones (excluding diaryl/α,β-unsaturated/α-hetero) is 1. The summed E-state index contributed by atoms with van der Waals surface area (Å²) in [5.41, 5.74) is 0.0185. The molecule has 0 saturated carbocycles. The van der Waals surface area contributed by atoms with Crippen LogP contribution in [0.15, 0.2) is 14.7 Å². The van der Waals surface area contributed by atoms with Crippen LogP contribution in [-0.4, -0.2) is 36.7 Å². The van der Waals surface area contributed by atoms with Crippen molar-refractivity contribution in [1.29, 1.82) is 0 Å². The van der Waals surface area contributed by atoms with Crippen molar-refractivity contribution in [3.8, 4) is 0 Å². The quantitative estimate of drug-likeness (QED) is 0.777. The van der Waals surface area contributed by atoms with Gasteiger partial charge in [-0.3, -0.25) is 23.3 Å². The third kappa shape index (κ3) is 2.59. The van der Waals surface area contributed by atoms with E-state index in [4.69, 9.17) is 0 Å². The second-order valence-electron chi connectivity index (χ2n) is 7.44. The highest BCUT2D eigenvalue weighted by atomic mass is 16.2. The molecule has 0 aromatic carbocycles. The number of hydrazone groups is 1. The molecule has 0 fully saturated rings. The molecule has 9 nitrogen and oxygen atoms in total. The van der Waals surface area contributed by atoms with Crippen LogP contribution in [0.1, 0.15) is 27.7 Å². The first-order valence-electron chi connectivity index (χ1n) is 8.03. The molecular formula is C16H22N6O3. The van der Waals surface area contributed by atoms with Crippen LogP contribution in [0, 0.1) is 5.41 Å². The highest BCUT2D eigenvalue weighted by molar-refractivity contribution is 5.91. The monoisotopic (exact) mass is 346 g/mol. The zero-order valence-electron chi connectivity index (χ0n) is 15.3. The van der Waals surface area contributed by atoms with Crippen molar-refractivity contribution in [2.75, 3.05) is 11.6 Å². The Hall–Kier alpha value is -2.71. The summed E-state index contributed by atoms with van der Waals surface area (Å²) in [7, 11) is 3.01. The Kier molecular flexibility index (Phi) is 3.70. The number of imidazole rings is 1. The van der Waals surface area contributed by atoms with E-state index in [9.17, 15) is 14.4 Å². The van der Waals surface area contributed by atoms with Crippen LogP contribution in [0.5, 0.6) is 0 Å². The van der Waals surface area contributed by atoms with Crippen LogP contribution in [-0.2, 0) is 25.4 Å². The van der Waals surface area contributed by atoms with Crippen LogP contribution < -0.4 is 16.3 Å². The van der Waals surface area contributed by atoms with Crippen LogP contribution in [0.4, 0.5) is 5.95 Å². The van der Waals surface area contributed by atoms with Crippen molar-refractivity contribution in [1.82, 2.24) is 18.7 Å². The highest BCUT2D eigenvalue weighted by Crippen LogP contribution is 2.25. The molecule has 0 spiro atoms. The Balaban J connectivity index is 2.23. The summed E-state index contributed by atoms with van der Waals surface area (Å²) >= 11 is 0. The average molecular weight is 346 g/mol. The lowest BCUT2D eigenvalue weighted by atomic mass is 9.91. The van der Waals surface area contributed by atoms with Gasteiger partial charge < -0.3 is 0 Å². The molecule has 0 atom stereocenters. The molecular weight excluding hydrogens is 324 g/mol. The third-order valence-corrected chi connectivity index (χ3v) is 4.37. The van der Waals surface area contributed by atoms with Gasteiger partial charge in [0.05, 0.1) is 12.3 Å². The maximum atomic E-state index is 12.6. The number of rotatable bonds is 2. The van der Waals surface area contributed by atoms with Crippen molar-refractivity contribution < 1.29 is 4.79 Å². The Morgan fingerprint density at radius 3 is 2.40 bits per heavy atom. The molecule has 2 aromatic heterocycles. The van der Waals surface area contributed by atoms with Gasteiger partial charge in [0, 0.05) is 19.5 Å². The molecule has 0 radical (unpaired) electrons. The first-order chi connectivity index (χ1) is 11.5. The number of anilines is 1. The number of carbonyl (C=O) groups is 1. The van der Waals surface area contributed by atoms with Gasteiger partial charge in [-0.05, 0) is 6.92 Å². The molecule has 25 heavy (non-hydrogen) atoms. The number of aromatic nitrogens is 4. The van der Waals surface area contributed by atoms with E-state index in [-0.39, 0.29) is 12.3 Å². The molecule has 0 unspecified atom stereocenters. The van der Waals surface area contributed by atoms with E-state index in [1.807, 2.05) is 27.7 Å². The molecule has 0 aliphatic carbocycles. The van der Waals surface area contributed by atoms with Crippen LogP contribution in [0.25, 0.3) is 11.2 Å². The molecule has 0 bridgehead atoms. The topological polar surface area (TPSA) is 94.5 Å². The highest BCUT2D eigenvalue weighted by Gasteiger charge is 2.30.